The highest BCUT2D eigenvalue weighted by atomic mass is 35.5. The number of rotatable bonds is 3. The maximum atomic E-state index is 12.7. The lowest BCUT2D eigenvalue weighted by atomic mass is 9.96. The van der Waals surface area contributed by atoms with E-state index >= 15 is 0 Å². The highest BCUT2D eigenvalue weighted by Crippen LogP contribution is 2.29. The molecule has 1 N–H and O–H groups in total. The normalized spacial score (nSPS) is 19.6. The second kappa shape index (κ2) is 6.43. The van der Waals surface area contributed by atoms with E-state index in [0.717, 1.165) is 18.5 Å². The number of H-pyrrole nitrogens is 1. The number of hydrogen-bond donors (Lipinski definition) is 1. The van der Waals surface area contributed by atoms with E-state index in [0.29, 0.717) is 18.1 Å². The Kier molecular flexibility index (Phi) is 4.52. The number of benzene rings is 1. The molecule has 1 atom stereocenters. The van der Waals surface area contributed by atoms with E-state index in [-0.39, 0.29) is 10.8 Å². The van der Waals surface area contributed by atoms with Crippen LogP contribution in [0.3, 0.4) is 0 Å². The van der Waals surface area contributed by atoms with Crippen molar-refractivity contribution in [2.24, 2.45) is 0 Å². The smallest absolute Gasteiger partial charge is 0.309 e. The van der Waals surface area contributed by atoms with Gasteiger partial charge in [0, 0.05) is 35.9 Å². The molecule has 0 aliphatic carbocycles. The first-order chi connectivity index (χ1) is 11.0. The van der Waals surface area contributed by atoms with E-state index < -0.39 is 15.7 Å². The van der Waals surface area contributed by atoms with Crippen LogP contribution < -0.4 is 5.69 Å². The van der Waals surface area contributed by atoms with Gasteiger partial charge in [-0.05, 0) is 43.2 Å². The molecule has 1 aromatic heterocycles. The molecule has 2 heterocycles. The molecule has 1 saturated heterocycles. The molecule has 1 fully saturated rings. The summed E-state index contributed by atoms with van der Waals surface area (Å²) < 4.78 is 26.9. The summed E-state index contributed by atoms with van der Waals surface area (Å²) in [4.78, 5) is 17.9. The van der Waals surface area contributed by atoms with Gasteiger partial charge in [0.15, 0.2) is 0 Å². The second-order valence-electron chi connectivity index (χ2n) is 5.49. The minimum Gasteiger partial charge on any atom is -0.309 e. The van der Waals surface area contributed by atoms with E-state index in [1.807, 2.05) is 0 Å². The molecule has 3 rings (SSSR count). The molecule has 23 heavy (non-hydrogen) atoms. The van der Waals surface area contributed by atoms with Gasteiger partial charge >= 0.3 is 5.69 Å². The summed E-state index contributed by atoms with van der Waals surface area (Å²) in [5, 5.41) is 0.495. The summed E-state index contributed by atoms with van der Waals surface area (Å²) in [5.74, 6) is -0.0403. The number of nitrogens with zero attached hydrogens (tertiary/aromatic N) is 2. The van der Waals surface area contributed by atoms with Gasteiger partial charge in [0.25, 0.3) is 0 Å². The third-order valence-electron chi connectivity index (χ3n) is 3.97. The Hall–Kier alpha value is -1.70. The van der Waals surface area contributed by atoms with Crippen LogP contribution in [0, 0.1) is 0 Å². The molecule has 0 bridgehead atoms. The molecule has 0 unspecified atom stereocenters. The van der Waals surface area contributed by atoms with Crippen molar-refractivity contribution in [1.29, 1.82) is 0 Å². The van der Waals surface area contributed by atoms with Crippen molar-refractivity contribution in [2.45, 2.75) is 23.7 Å². The van der Waals surface area contributed by atoms with Crippen LogP contribution in [0.2, 0.25) is 5.02 Å². The average molecular weight is 354 g/mol. The first kappa shape index (κ1) is 16.2. The van der Waals surface area contributed by atoms with Crippen LogP contribution in [-0.4, -0.2) is 35.8 Å². The predicted octanol–water partition coefficient (Wildman–Crippen LogP) is 1.99. The maximum Gasteiger partial charge on any atom is 0.345 e. The molecule has 0 radical (unpaired) electrons. The van der Waals surface area contributed by atoms with E-state index in [1.54, 1.807) is 18.2 Å². The monoisotopic (exact) mass is 353 g/mol. The van der Waals surface area contributed by atoms with Crippen LogP contribution in [0.4, 0.5) is 0 Å². The van der Waals surface area contributed by atoms with Crippen molar-refractivity contribution in [3.63, 3.8) is 0 Å². The van der Waals surface area contributed by atoms with Crippen molar-refractivity contribution in [3.05, 3.63) is 57.7 Å². The standard InChI is InChI=1S/C15H16ClN3O3S/c16-12-3-5-13(6-4-12)23(21,22)19-9-1-2-11(10-19)14-7-8-17-15(20)18-14/h3-8,11H,1-2,9-10H2,(H,17,18,20)/t11-/m1/s1. The van der Waals surface area contributed by atoms with Crippen molar-refractivity contribution >= 4 is 21.6 Å². The molecule has 0 spiro atoms. The topological polar surface area (TPSA) is 83.1 Å². The van der Waals surface area contributed by atoms with Crippen molar-refractivity contribution in [3.8, 4) is 0 Å². The van der Waals surface area contributed by atoms with E-state index in [9.17, 15) is 13.2 Å². The number of hydrogen-bond acceptors (Lipinski definition) is 4. The Labute approximate surface area is 139 Å². The number of nitrogens with one attached hydrogen (secondary N) is 1. The largest absolute Gasteiger partial charge is 0.345 e. The highest BCUT2D eigenvalue weighted by molar-refractivity contribution is 7.89. The van der Waals surface area contributed by atoms with Crippen LogP contribution in [0.5, 0.6) is 0 Å². The van der Waals surface area contributed by atoms with Crippen LogP contribution in [-0.2, 0) is 10.0 Å². The predicted molar refractivity (Wildman–Crippen MR) is 87.0 cm³/mol. The molecule has 1 aliphatic heterocycles. The van der Waals surface area contributed by atoms with Gasteiger partial charge in [0.2, 0.25) is 10.0 Å². The summed E-state index contributed by atoms with van der Waals surface area (Å²) in [7, 11) is -3.56. The zero-order valence-electron chi connectivity index (χ0n) is 12.3. The first-order valence-corrected chi connectivity index (χ1v) is 9.09. The van der Waals surface area contributed by atoms with Gasteiger partial charge in [-0.25, -0.2) is 18.2 Å². The summed E-state index contributed by atoms with van der Waals surface area (Å²) in [6.45, 7) is 0.807. The number of aromatic amines is 1. The fourth-order valence-corrected chi connectivity index (χ4v) is 4.44. The van der Waals surface area contributed by atoms with Crippen LogP contribution >= 0.6 is 11.6 Å². The molecule has 122 valence electrons. The lowest BCUT2D eigenvalue weighted by Crippen LogP contribution is -2.39. The lowest BCUT2D eigenvalue weighted by Gasteiger charge is -2.31. The second-order valence-corrected chi connectivity index (χ2v) is 7.86. The highest BCUT2D eigenvalue weighted by Gasteiger charge is 2.31. The van der Waals surface area contributed by atoms with Crippen LogP contribution in [0.1, 0.15) is 24.5 Å². The quantitative estimate of drug-likeness (QED) is 0.914. The van der Waals surface area contributed by atoms with Gasteiger partial charge in [-0.15, -0.1) is 0 Å². The number of piperidine rings is 1. The molecule has 2 aromatic rings. The number of aromatic nitrogens is 2. The van der Waals surface area contributed by atoms with Gasteiger partial charge in [-0.3, -0.25) is 0 Å². The van der Waals surface area contributed by atoms with Crippen molar-refractivity contribution in [1.82, 2.24) is 14.3 Å². The molecule has 6 nitrogen and oxygen atoms in total. The van der Waals surface area contributed by atoms with Gasteiger partial charge in [-0.2, -0.15) is 4.31 Å². The summed E-state index contributed by atoms with van der Waals surface area (Å²) in [6.07, 6.45) is 3.01. The Bertz CT molecular complexity index is 849. The van der Waals surface area contributed by atoms with Crippen LogP contribution in [0.15, 0.2) is 46.2 Å². The fraction of sp³-hybridized carbons (Fsp3) is 0.333. The Morgan fingerprint density at radius 3 is 2.65 bits per heavy atom. The SMILES string of the molecule is O=c1nccc([C@@H]2CCCN(S(=O)(=O)c3ccc(Cl)cc3)C2)[nH]1. The number of sulfonamides is 1. The zero-order chi connectivity index (χ0) is 16.4. The van der Waals surface area contributed by atoms with Gasteiger partial charge in [0.05, 0.1) is 4.90 Å². The number of halogens is 1. The summed E-state index contributed by atoms with van der Waals surface area (Å²) in [5.41, 5.74) is 0.307. The molecule has 0 saturated carbocycles. The molecule has 1 aliphatic rings. The lowest BCUT2D eigenvalue weighted by molar-refractivity contribution is 0.312. The van der Waals surface area contributed by atoms with Gasteiger partial charge in [-0.1, -0.05) is 11.6 Å². The summed E-state index contributed by atoms with van der Waals surface area (Å²) in [6, 6.07) is 7.88. The Morgan fingerprint density at radius 1 is 1.22 bits per heavy atom. The minimum absolute atomic E-state index is 0.0403. The molecular weight excluding hydrogens is 338 g/mol. The molecule has 1 aromatic carbocycles. The Morgan fingerprint density at radius 2 is 1.96 bits per heavy atom. The summed E-state index contributed by atoms with van der Waals surface area (Å²) >= 11 is 5.82. The first-order valence-electron chi connectivity index (χ1n) is 7.28. The Balaban J connectivity index is 1.85. The zero-order valence-corrected chi connectivity index (χ0v) is 13.8. The minimum atomic E-state index is -3.56. The average Bonchev–Trinajstić information content (AvgIpc) is 2.55. The molecule has 8 heteroatoms. The van der Waals surface area contributed by atoms with Gasteiger partial charge in [0.1, 0.15) is 0 Å². The fourth-order valence-electron chi connectivity index (χ4n) is 2.79. The molecule has 0 amide bonds. The van der Waals surface area contributed by atoms with Crippen molar-refractivity contribution < 1.29 is 8.42 Å². The third kappa shape index (κ3) is 3.46. The maximum absolute atomic E-state index is 12.7. The molecular formula is C15H16ClN3O3S. The van der Waals surface area contributed by atoms with E-state index in [1.165, 1.54) is 22.6 Å². The van der Waals surface area contributed by atoms with Crippen LogP contribution in [0.25, 0.3) is 0 Å². The third-order valence-corrected chi connectivity index (χ3v) is 6.10. The van der Waals surface area contributed by atoms with E-state index in [4.69, 9.17) is 11.6 Å². The van der Waals surface area contributed by atoms with E-state index in [2.05, 4.69) is 9.97 Å². The van der Waals surface area contributed by atoms with Gasteiger partial charge < -0.3 is 4.98 Å². The van der Waals surface area contributed by atoms with Crippen molar-refractivity contribution in [2.75, 3.05) is 13.1 Å².